The highest BCUT2D eigenvalue weighted by atomic mass is 16.5. The van der Waals surface area contributed by atoms with E-state index in [2.05, 4.69) is 44.1 Å². The van der Waals surface area contributed by atoms with Crippen molar-refractivity contribution in [1.29, 1.82) is 0 Å². The fraction of sp³-hybridized carbons (Fsp3) is 0.722. The molecule has 0 aromatic carbocycles. The van der Waals surface area contributed by atoms with Gasteiger partial charge in [-0.25, -0.2) is 4.98 Å². The minimum Gasteiger partial charge on any atom is -0.474 e. The number of hydrogen-bond acceptors (Lipinski definition) is 3. The predicted octanol–water partition coefficient (Wildman–Crippen LogP) is 4.17. The molecule has 0 aliphatic heterocycles. The van der Waals surface area contributed by atoms with Crippen LogP contribution < -0.4 is 10.1 Å². The van der Waals surface area contributed by atoms with Crippen molar-refractivity contribution < 1.29 is 4.74 Å². The molecule has 1 saturated carbocycles. The molecule has 1 aromatic heterocycles. The van der Waals surface area contributed by atoms with Gasteiger partial charge in [0.25, 0.3) is 0 Å². The van der Waals surface area contributed by atoms with E-state index in [9.17, 15) is 0 Å². The van der Waals surface area contributed by atoms with Crippen molar-refractivity contribution >= 4 is 0 Å². The molecule has 0 spiro atoms. The second-order valence-corrected chi connectivity index (χ2v) is 7.33. The van der Waals surface area contributed by atoms with Gasteiger partial charge < -0.3 is 10.1 Å². The minimum absolute atomic E-state index is 0.306. The first kappa shape index (κ1) is 16.3. The first-order chi connectivity index (χ1) is 9.98. The van der Waals surface area contributed by atoms with Gasteiger partial charge >= 0.3 is 0 Å². The van der Waals surface area contributed by atoms with Gasteiger partial charge in [0.15, 0.2) is 0 Å². The van der Waals surface area contributed by atoms with Gasteiger partial charge in [-0.1, -0.05) is 33.8 Å². The third-order valence-electron chi connectivity index (χ3n) is 4.19. The molecule has 0 bridgehead atoms. The van der Waals surface area contributed by atoms with E-state index < -0.39 is 0 Å². The average molecular weight is 290 g/mol. The number of rotatable bonds is 6. The summed E-state index contributed by atoms with van der Waals surface area (Å²) in [5, 5.41) is 3.39. The lowest BCUT2D eigenvalue weighted by Gasteiger charge is -2.38. The van der Waals surface area contributed by atoms with Gasteiger partial charge in [-0.2, -0.15) is 0 Å². The van der Waals surface area contributed by atoms with Crippen LogP contribution in [0.1, 0.15) is 58.9 Å². The van der Waals surface area contributed by atoms with Gasteiger partial charge in [0, 0.05) is 18.8 Å². The van der Waals surface area contributed by atoms with E-state index in [4.69, 9.17) is 4.74 Å². The average Bonchev–Trinajstić information content (AvgIpc) is 2.38. The largest absolute Gasteiger partial charge is 0.474 e. The van der Waals surface area contributed by atoms with Gasteiger partial charge in [-0.05, 0) is 49.1 Å². The molecule has 3 heteroatoms. The number of ether oxygens (including phenoxy) is 1. The van der Waals surface area contributed by atoms with Crippen LogP contribution in [0.2, 0.25) is 0 Å². The first-order valence-corrected chi connectivity index (χ1v) is 8.31. The van der Waals surface area contributed by atoms with E-state index in [1.54, 1.807) is 0 Å². The van der Waals surface area contributed by atoms with Crippen molar-refractivity contribution in [2.75, 3.05) is 6.54 Å². The van der Waals surface area contributed by atoms with Gasteiger partial charge in [-0.15, -0.1) is 0 Å². The quantitative estimate of drug-likeness (QED) is 0.798. The van der Waals surface area contributed by atoms with Crippen LogP contribution in [0, 0.1) is 11.3 Å². The van der Waals surface area contributed by atoms with Gasteiger partial charge in [0.1, 0.15) is 6.10 Å². The van der Waals surface area contributed by atoms with Crippen LogP contribution in [0.25, 0.3) is 0 Å². The summed E-state index contributed by atoms with van der Waals surface area (Å²) < 4.78 is 6.11. The Morgan fingerprint density at radius 1 is 1.33 bits per heavy atom. The van der Waals surface area contributed by atoms with Crippen molar-refractivity contribution in [1.82, 2.24) is 10.3 Å². The molecule has 1 aromatic rings. The van der Waals surface area contributed by atoms with Crippen LogP contribution in [0.4, 0.5) is 0 Å². The molecule has 2 unspecified atom stereocenters. The zero-order valence-electron chi connectivity index (χ0n) is 14.0. The van der Waals surface area contributed by atoms with E-state index in [0.29, 0.717) is 11.5 Å². The Hall–Kier alpha value is -1.09. The van der Waals surface area contributed by atoms with E-state index in [1.807, 2.05) is 12.3 Å². The highest BCUT2D eigenvalue weighted by Crippen LogP contribution is 2.39. The highest BCUT2D eigenvalue weighted by Gasteiger charge is 2.33. The topological polar surface area (TPSA) is 34.1 Å². The SMILES string of the molecule is CCCNCc1ccc(OC2CC(C)CC(C)(C)C2)nc1. The molecule has 3 nitrogen and oxygen atoms in total. The van der Waals surface area contributed by atoms with Crippen LogP contribution in [-0.2, 0) is 6.54 Å². The number of aromatic nitrogens is 1. The van der Waals surface area contributed by atoms with E-state index in [1.165, 1.54) is 12.0 Å². The van der Waals surface area contributed by atoms with Crippen LogP contribution >= 0.6 is 0 Å². The molecule has 1 heterocycles. The fourth-order valence-electron chi connectivity index (χ4n) is 3.51. The maximum Gasteiger partial charge on any atom is 0.213 e. The number of nitrogens with one attached hydrogen (secondary N) is 1. The maximum atomic E-state index is 6.11. The second-order valence-electron chi connectivity index (χ2n) is 7.33. The molecule has 2 atom stereocenters. The maximum absolute atomic E-state index is 6.11. The summed E-state index contributed by atoms with van der Waals surface area (Å²) in [4.78, 5) is 4.46. The fourth-order valence-corrected chi connectivity index (χ4v) is 3.51. The standard InChI is InChI=1S/C18H30N2O/c1-5-8-19-12-15-6-7-17(20-13-15)21-16-9-14(2)10-18(3,4)11-16/h6-7,13-14,16,19H,5,8-12H2,1-4H3. The molecule has 2 rings (SSSR count). The normalized spacial score (nSPS) is 24.8. The lowest BCUT2D eigenvalue weighted by atomic mass is 9.71. The monoisotopic (exact) mass is 290 g/mol. The summed E-state index contributed by atoms with van der Waals surface area (Å²) in [6.07, 6.45) is 6.95. The lowest BCUT2D eigenvalue weighted by Crippen LogP contribution is -2.34. The molecule has 0 radical (unpaired) electrons. The smallest absolute Gasteiger partial charge is 0.213 e. The first-order valence-electron chi connectivity index (χ1n) is 8.31. The van der Waals surface area contributed by atoms with E-state index >= 15 is 0 Å². The van der Waals surface area contributed by atoms with Crippen molar-refractivity contribution in [3.63, 3.8) is 0 Å². The molecular weight excluding hydrogens is 260 g/mol. The Morgan fingerprint density at radius 2 is 2.14 bits per heavy atom. The van der Waals surface area contributed by atoms with Crippen molar-refractivity contribution in [2.24, 2.45) is 11.3 Å². The zero-order valence-corrected chi connectivity index (χ0v) is 14.0. The highest BCUT2D eigenvalue weighted by molar-refractivity contribution is 5.18. The molecular formula is C18H30N2O. The van der Waals surface area contributed by atoms with Crippen molar-refractivity contribution in [3.8, 4) is 5.88 Å². The van der Waals surface area contributed by atoms with Crippen LogP contribution in [0.15, 0.2) is 18.3 Å². The number of nitrogens with zero attached hydrogens (tertiary/aromatic N) is 1. The molecule has 1 aliphatic rings. The number of pyridine rings is 1. The molecule has 1 N–H and O–H groups in total. The third-order valence-corrected chi connectivity index (χ3v) is 4.19. The molecule has 1 aliphatic carbocycles. The Balaban J connectivity index is 1.88. The van der Waals surface area contributed by atoms with Crippen molar-refractivity contribution in [2.45, 2.75) is 66.0 Å². The van der Waals surface area contributed by atoms with Gasteiger partial charge in [0.2, 0.25) is 5.88 Å². The number of hydrogen-bond donors (Lipinski definition) is 1. The Kier molecular flexibility index (Phi) is 5.63. The minimum atomic E-state index is 0.306. The lowest BCUT2D eigenvalue weighted by molar-refractivity contribution is 0.0532. The van der Waals surface area contributed by atoms with Crippen molar-refractivity contribution in [3.05, 3.63) is 23.9 Å². The second kappa shape index (κ2) is 7.26. The van der Waals surface area contributed by atoms with Gasteiger partial charge in [0.05, 0.1) is 0 Å². The molecule has 21 heavy (non-hydrogen) atoms. The summed E-state index contributed by atoms with van der Waals surface area (Å²) in [6, 6.07) is 4.12. The van der Waals surface area contributed by atoms with Crippen LogP contribution in [0.5, 0.6) is 5.88 Å². The Morgan fingerprint density at radius 3 is 2.76 bits per heavy atom. The summed E-state index contributed by atoms with van der Waals surface area (Å²) in [6.45, 7) is 11.1. The predicted molar refractivity (Wildman–Crippen MR) is 87.4 cm³/mol. The summed E-state index contributed by atoms with van der Waals surface area (Å²) in [5.74, 6) is 1.50. The molecule has 1 fully saturated rings. The van der Waals surface area contributed by atoms with Crippen LogP contribution in [-0.4, -0.2) is 17.6 Å². The molecule has 0 saturated heterocycles. The third kappa shape index (κ3) is 5.31. The summed E-state index contributed by atoms with van der Waals surface area (Å²) >= 11 is 0. The van der Waals surface area contributed by atoms with Crippen LogP contribution in [0.3, 0.4) is 0 Å². The molecule has 118 valence electrons. The van der Waals surface area contributed by atoms with Gasteiger partial charge in [-0.3, -0.25) is 0 Å². The molecule has 0 amide bonds. The van der Waals surface area contributed by atoms with E-state index in [-0.39, 0.29) is 0 Å². The Labute approximate surface area is 129 Å². The Bertz CT molecular complexity index is 427. The summed E-state index contributed by atoms with van der Waals surface area (Å²) in [7, 11) is 0. The van der Waals surface area contributed by atoms with E-state index in [0.717, 1.165) is 44.1 Å². The zero-order chi connectivity index (χ0) is 15.3. The summed E-state index contributed by atoms with van der Waals surface area (Å²) in [5.41, 5.74) is 1.60.